The van der Waals surface area contributed by atoms with E-state index in [0.717, 1.165) is 55.6 Å². The molecule has 0 atom stereocenters. The summed E-state index contributed by atoms with van der Waals surface area (Å²) in [7, 11) is 0. The molecule has 0 saturated heterocycles. The van der Waals surface area contributed by atoms with Gasteiger partial charge in [0.05, 0.1) is 0 Å². The number of carbonyl (C=O) groups excluding carboxylic acids is 1. The van der Waals surface area contributed by atoms with Crippen molar-refractivity contribution >= 4 is 28.8 Å². The highest BCUT2D eigenvalue weighted by molar-refractivity contribution is 5.93. The van der Waals surface area contributed by atoms with Crippen LogP contribution in [-0.4, -0.2) is 35.5 Å². The number of aromatic amines is 1. The van der Waals surface area contributed by atoms with E-state index in [0.29, 0.717) is 6.04 Å². The summed E-state index contributed by atoms with van der Waals surface area (Å²) in [5, 5.41) is 4.47. The topological polar surface area (TPSA) is 61.0 Å². The van der Waals surface area contributed by atoms with Crippen molar-refractivity contribution < 1.29 is 4.79 Å². The third-order valence-electron chi connectivity index (χ3n) is 4.24. The van der Waals surface area contributed by atoms with Crippen molar-refractivity contribution in [1.29, 1.82) is 0 Å². The minimum atomic E-state index is 0.331. The number of nitrogens with zero attached hydrogens (tertiary/aromatic N) is 2. The van der Waals surface area contributed by atoms with Crippen LogP contribution in [0.3, 0.4) is 0 Å². The molecule has 5 heteroatoms. The van der Waals surface area contributed by atoms with E-state index in [9.17, 15) is 4.79 Å². The van der Waals surface area contributed by atoms with Crippen molar-refractivity contribution in [2.45, 2.75) is 25.3 Å². The molecule has 1 aliphatic heterocycles. The Labute approximate surface area is 123 Å². The zero-order valence-corrected chi connectivity index (χ0v) is 11.8. The number of H-pyrrole nitrogens is 1. The smallest absolute Gasteiger partial charge is 0.215 e. The molecule has 1 fully saturated rings. The molecular weight excluding hydrogens is 264 g/mol. The molecule has 1 aliphatic carbocycles. The summed E-state index contributed by atoms with van der Waals surface area (Å²) in [5.74, 6) is 0.761. The fraction of sp³-hybridized carbons (Fsp3) is 0.375. The normalized spacial score (nSPS) is 18.6. The van der Waals surface area contributed by atoms with Crippen molar-refractivity contribution in [3.05, 3.63) is 30.0 Å². The van der Waals surface area contributed by atoms with Crippen molar-refractivity contribution in [2.75, 3.05) is 18.0 Å². The van der Waals surface area contributed by atoms with Crippen LogP contribution in [0.15, 0.2) is 24.4 Å². The highest BCUT2D eigenvalue weighted by Crippen LogP contribution is 2.34. The SMILES string of the molecule is O=CN(c1cc(C2=CCNCC2)c2cc[nH]c2n1)C1CC1. The lowest BCUT2D eigenvalue weighted by Gasteiger charge is -2.19. The standard InChI is InChI=1S/C16H18N4O/c21-10-20(12-1-2-12)15-9-14(11-3-6-17-7-4-11)13-5-8-18-16(13)19-15/h3,5,8-10,12,17H,1-2,4,6-7H2,(H,18,19). The summed E-state index contributed by atoms with van der Waals surface area (Å²) in [5.41, 5.74) is 3.39. The second-order valence-corrected chi connectivity index (χ2v) is 5.70. The fourth-order valence-electron chi connectivity index (χ4n) is 2.97. The molecular formula is C16H18N4O. The maximum absolute atomic E-state index is 11.4. The molecule has 2 aliphatic rings. The molecule has 2 aromatic rings. The molecule has 3 heterocycles. The van der Waals surface area contributed by atoms with E-state index in [4.69, 9.17) is 0 Å². The molecule has 5 nitrogen and oxygen atoms in total. The van der Waals surface area contributed by atoms with Crippen LogP contribution in [0.5, 0.6) is 0 Å². The predicted octanol–water partition coefficient (Wildman–Crippen LogP) is 2.06. The monoisotopic (exact) mass is 282 g/mol. The first-order valence-electron chi connectivity index (χ1n) is 7.49. The first-order valence-corrected chi connectivity index (χ1v) is 7.49. The number of hydrogen-bond acceptors (Lipinski definition) is 3. The molecule has 0 aromatic carbocycles. The lowest BCUT2D eigenvalue weighted by molar-refractivity contribution is -0.107. The fourth-order valence-corrected chi connectivity index (χ4v) is 2.97. The zero-order valence-electron chi connectivity index (χ0n) is 11.8. The number of carbonyl (C=O) groups is 1. The van der Waals surface area contributed by atoms with Crippen molar-refractivity contribution in [1.82, 2.24) is 15.3 Å². The van der Waals surface area contributed by atoms with Gasteiger partial charge in [0.15, 0.2) is 0 Å². The lowest BCUT2D eigenvalue weighted by atomic mass is 9.98. The Kier molecular flexibility index (Phi) is 3.00. The van der Waals surface area contributed by atoms with Crippen LogP contribution in [0, 0.1) is 0 Å². The van der Waals surface area contributed by atoms with Gasteiger partial charge < -0.3 is 10.3 Å². The molecule has 0 spiro atoms. The van der Waals surface area contributed by atoms with Gasteiger partial charge in [0.1, 0.15) is 11.5 Å². The van der Waals surface area contributed by atoms with Crippen LogP contribution in [0.4, 0.5) is 5.82 Å². The minimum absolute atomic E-state index is 0.331. The van der Waals surface area contributed by atoms with Crippen molar-refractivity contribution in [2.24, 2.45) is 0 Å². The van der Waals surface area contributed by atoms with E-state index in [-0.39, 0.29) is 0 Å². The molecule has 1 amide bonds. The number of amides is 1. The summed E-state index contributed by atoms with van der Waals surface area (Å²) in [6, 6.07) is 4.46. The summed E-state index contributed by atoms with van der Waals surface area (Å²) in [6.07, 6.45) is 8.21. The molecule has 108 valence electrons. The number of hydrogen-bond donors (Lipinski definition) is 2. The number of nitrogens with one attached hydrogen (secondary N) is 2. The van der Waals surface area contributed by atoms with Crippen LogP contribution in [-0.2, 0) is 4.79 Å². The largest absolute Gasteiger partial charge is 0.346 e. The zero-order chi connectivity index (χ0) is 14.2. The molecule has 0 radical (unpaired) electrons. The van der Waals surface area contributed by atoms with Gasteiger partial charge in [-0.3, -0.25) is 9.69 Å². The second kappa shape index (κ2) is 5.00. The first kappa shape index (κ1) is 12.6. The number of aromatic nitrogens is 2. The Bertz CT molecular complexity index is 714. The minimum Gasteiger partial charge on any atom is -0.346 e. The number of rotatable bonds is 4. The van der Waals surface area contributed by atoms with Crippen LogP contribution >= 0.6 is 0 Å². The molecule has 2 aromatic heterocycles. The van der Waals surface area contributed by atoms with Crippen molar-refractivity contribution in [3.63, 3.8) is 0 Å². The third-order valence-corrected chi connectivity index (χ3v) is 4.24. The van der Waals surface area contributed by atoms with E-state index in [1.165, 1.54) is 11.1 Å². The summed E-state index contributed by atoms with van der Waals surface area (Å²) >= 11 is 0. The van der Waals surface area contributed by atoms with Crippen LogP contribution in [0.2, 0.25) is 0 Å². The van der Waals surface area contributed by atoms with Gasteiger partial charge in [0.25, 0.3) is 0 Å². The van der Waals surface area contributed by atoms with Gasteiger partial charge in [-0.05, 0) is 49.1 Å². The third kappa shape index (κ3) is 2.23. The van der Waals surface area contributed by atoms with Gasteiger partial charge in [-0.15, -0.1) is 0 Å². The quantitative estimate of drug-likeness (QED) is 0.844. The van der Waals surface area contributed by atoms with Crippen LogP contribution in [0.25, 0.3) is 16.6 Å². The highest BCUT2D eigenvalue weighted by atomic mass is 16.1. The van der Waals surface area contributed by atoms with Gasteiger partial charge in [-0.1, -0.05) is 6.08 Å². The van der Waals surface area contributed by atoms with Gasteiger partial charge in [-0.2, -0.15) is 0 Å². The second-order valence-electron chi connectivity index (χ2n) is 5.70. The molecule has 4 rings (SSSR count). The maximum Gasteiger partial charge on any atom is 0.215 e. The Balaban J connectivity index is 1.85. The van der Waals surface area contributed by atoms with Crippen LogP contribution in [0.1, 0.15) is 24.8 Å². The number of anilines is 1. The summed E-state index contributed by atoms with van der Waals surface area (Å²) in [4.78, 5) is 21.0. The van der Waals surface area contributed by atoms with Gasteiger partial charge in [0.2, 0.25) is 6.41 Å². The van der Waals surface area contributed by atoms with Gasteiger partial charge >= 0.3 is 0 Å². The van der Waals surface area contributed by atoms with E-state index in [2.05, 4.69) is 33.5 Å². The highest BCUT2D eigenvalue weighted by Gasteiger charge is 2.30. The van der Waals surface area contributed by atoms with E-state index < -0.39 is 0 Å². The first-order chi connectivity index (χ1) is 10.4. The molecule has 21 heavy (non-hydrogen) atoms. The van der Waals surface area contributed by atoms with Gasteiger partial charge in [-0.25, -0.2) is 4.98 Å². The van der Waals surface area contributed by atoms with E-state index in [1.807, 2.05) is 6.20 Å². The maximum atomic E-state index is 11.4. The summed E-state index contributed by atoms with van der Waals surface area (Å²) in [6.45, 7) is 1.90. The Hall–Kier alpha value is -2.14. The average Bonchev–Trinajstić information content (AvgIpc) is 3.25. The number of fused-ring (bicyclic) bond motifs is 1. The predicted molar refractivity (Wildman–Crippen MR) is 83.1 cm³/mol. The van der Waals surface area contributed by atoms with E-state index >= 15 is 0 Å². The molecule has 2 N–H and O–H groups in total. The van der Waals surface area contributed by atoms with Crippen molar-refractivity contribution in [3.8, 4) is 0 Å². The molecule has 0 bridgehead atoms. The number of pyridine rings is 1. The Morgan fingerprint density at radius 2 is 2.29 bits per heavy atom. The molecule has 0 unspecified atom stereocenters. The molecule has 1 saturated carbocycles. The summed E-state index contributed by atoms with van der Waals surface area (Å²) < 4.78 is 0. The Morgan fingerprint density at radius 1 is 1.38 bits per heavy atom. The Morgan fingerprint density at radius 3 is 3.00 bits per heavy atom. The van der Waals surface area contributed by atoms with Crippen LogP contribution < -0.4 is 10.2 Å². The lowest BCUT2D eigenvalue weighted by Crippen LogP contribution is -2.25. The van der Waals surface area contributed by atoms with E-state index in [1.54, 1.807) is 4.90 Å². The van der Waals surface area contributed by atoms with Gasteiger partial charge in [0, 0.05) is 24.2 Å². The average molecular weight is 282 g/mol.